The zero-order chi connectivity index (χ0) is 11.5. The molecule has 0 aromatic heterocycles. The standard InChI is InChI=1S/C13H15BrFN/c14-11-5-10(6-12(15)8-11)4-9-2-1-3-13(16)7-9/h5-8,13H,1-4,16H2. The van der Waals surface area contributed by atoms with Gasteiger partial charge in [-0.3, -0.25) is 0 Å². The first-order chi connectivity index (χ1) is 7.63. The van der Waals surface area contributed by atoms with Gasteiger partial charge in [0.2, 0.25) is 0 Å². The molecular formula is C13H15BrFN. The summed E-state index contributed by atoms with van der Waals surface area (Å²) in [5.41, 5.74) is 8.22. The van der Waals surface area contributed by atoms with Crippen LogP contribution >= 0.6 is 15.9 Å². The van der Waals surface area contributed by atoms with Crippen LogP contribution in [0.2, 0.25) is 0 Å². The summed E-state index contributed by atoms with van der Waals surface area (Å²) in [6, 6.07) is 5.21. The highest BCUT2D eigenvalue weighted by molar-refractivity contribution is 9.10. The Morgan fingerprint density at radius 3 is 2.88 bits per heavy atom. The second-order valence-corrected chi connectivity index (χ2v) is 5.25. The van der Waals surface area contributed by atoms with E-state index in [0.717, 1.165) is 35.7 Å². The van der Waals surface area contributed by atoms with Gasteiger partial charge in [0.25, 0.3) is 0 Å². The van der Waals surface area contributed by atoms with Crippen molar-refractivity contribution in [2.45, 2.75) is 31.7 Å². The molecule has 0 aliphatic heterocycles. The lowest BCUT2D eigenvalue weighted by Gasteiger charge is -2.17. The molecule has 0 bridgehead atoms. The Bertz CT molecular complexity index is 394. The van der Waals surface area contributed by atoms with Gasteiger partial charge in [-0.15, -0.1) is 0 Å². The van der Waals surface area contributed by atoms with Crippen molar-refractivity contribution in [3.8, 4) is 0 Å². The lowest BCUT2D eigenvalue weighted by Crippen LogP contribution is -2.20. The summed E-state index contributed by atoms with van der Waals surface area (Å²) in [6.45, 7) is 0. The summed E-state index contributed by atoms with van der Waals surface area (Å²) in [7, 11) is 0. The van der Waals surface area contributed by atoms with E-state index in [1.54, 1.807) is 6.07 Å². The second kappa shape index (κ2) is 5.11. The van der Waals surface area contributed by atoms with Crippen LogP contribution in [0.3, 0.4) is 0 Å². The van der Waals surface area contributed by atoms with Crippen LogP contribution in [0.5, 0.6) is 0 Å². The van der Waals surface area contributed by atoms with E-state index in [0.29, 0.717) is 0 Å². The number of hydrogen-bond acceptors (Lipinski definition) is 1. The van der Waals surface area contributed by atoms with E-state index in [2.05, 4.69) is 22.0 Å². The Kier molecular flexibility index (Phi) is 3.77. The van der Waals surface area contributed by atoms with Crippen molar-refractivity contribution in [1.29, 1.82) is 0 Å². The van der Waals surface area contributed by atoms with Crippen molar-refractivity contribution < 1.29 is 4.39 Å². The molecule has 0 spiro atoms. The maximum absolute atomic E-state index is 13.2. The Labute approximate surface area is 104 Å². The molecule has 16 heavy (non-hydrogen) atoms. The van der Waals surface area contributed by atoms with Crippen molar-refractivity contribution in [3.05, 3.63) is 45.7 Å². The fourth-order valence-electron chi connectivity index (χ4n) is 2.16. The number of allylic oxidation sites excluding steroid dienone is 1. The quantitative estimate of drug-likeness (QED) is 0.825. The normalized spacial score (nSPS) is 20.7. The minimum Gasteiger partial charge on any atom is -0.324 e. The number of hydrogen-bond donors (Lipinski definition) is 1. The highest BCUT2D eigenvalue weighted by atomic mass is 79.9. The molecule has 3 heteroatoms. The maximum Gasteiger partial charge on any atom is 0.124 e. The number of nitrogens with two attached hydrogens (primary N) is 1. The minimum absolute atomic E-state index is 0.181. The van der Waals surface area contributed by atoms with Crippen molar-refractivity contribution in [3.63, 3.8) is 0 Å². The molecule has 0 saturated heterocycles. The van der Waals surface area contributed by atoms with Crippen LogP contribution < -0.4 is 5.73 Å². The van der Waals surface area contributed by atoms with Crippen LogP contribution in [0, 0.1) is 5.82 Å². The minimum atomic E-state index is -0.190. The van der Waals surface area contributed by atoms with Gasteiger partial charge in [0.1, 0.15) is 5.82 Å². The number of rotatable bonds is 2. The molecule has 1 nitrogen and oxygen atoms in total. The molecule has 1 aliphatic rings. The monoisotopic (exact) mass is 283 g/mol. The summed E-state index contributed by atoms with van der Waals surface area (Å²) < 4.78 is 14.0. The largest absolute Gasteiger partial charge is 0.324 e. The summed E-state index contributed by atoms with van der Waals surface area (Å²) in [6.07, 6.45) is 6.23. The predicted octanol–water partition coefficient (Wildman–Crippen LogP) is 3.57. The van der Waals surface area contributed by atoms with Gasteiger partial charge in [-0.2, -0.15) is 0 Å². The molecule has 0 saturated carbocycles. The van der Waals surface area contributed by atoms with E-state index in [1.165, 1.54) is 11.6 Å². The van der Waals surface area contributed by atoms with Gasteiger partial charge in [-0.1, -0.05) is 27.6 Å². The smallest absolute Gasteiger partial charge is 0.124 e. The van der Waals surface area contributed by atoms with Gasteiger partial charge >= 0.3 is 0 Å². The molecule has 2 N–H and O–H groups in total. The molecule has 0 amide bonds. The Morgan fingerprint density at radius 1 is 1.38 bits per heavy atom. The van der Waals surface area contributed by atoms with E-state index in [4.69, 9.17) is 5.73 Å². The molecule has 86 valence electrons. The zero-order valence-corrected chi connectivity index (χ0v) is 10.6. The van der Waals surface area contributed by atoms with Crippen LogP contribution in [0.25, 0.3) is 0 Å². The van der Waals surface area contributed by atoms with Gasteiger partial charge in [0.15, 0.2) is 0 Å². The van der Waals surface area contributed by atoms with Crippen LogP contribution in [0.4, 0.5) is 4.39 Å². The Hall–Kier alpha value is -0.670. The fraction of sp³-hybridized carbons (Fsp3) is 0.385. The molecule has 0 heterocycles. The third-order valence-electron chi connectivity index (χ3n) is 2.84. The van der Waals surface area contributed by atoms with E-state index < -0.39 is 0 Å². The lowest BCUT2D eigenvalue weighted by atomic mass is 9.92. The molecular weight excluding hydrogens is 269 g/mol. The van der Waals surface area contributed by atoms with Crippen LogP contribution in [-0.4, -0.2) is 6.04 Å². The van der Waals surface area contributed by atoms with Crippen molar-refractivity contribution in [2.24, 2.45) is 5.73 Å². The fourth-order valence-corrected chi connectivity index (χ4v) is 2.67. The molecule has 2 rings (SSSR count). The average molecular weight is 284 g/mol. The summed E-state index contributed by atoms with van der Waals surface area (Å²) in [4.78, 5) is 0. The van der Waals surface area contributed by atoms with E-state index in [1.807, 2.05) is 6.07 Å². The van der Waals surface area contributed by atoms with E-state index >= 15 is 0 Å². The van der Waals surface area contributed by atoms with E-state index in [-0.39, 0.29) is 11.9 Å². The first-order valence-corrected chi connectivity index (χ1v) is 6.33. The molecule has 1 aromatic rings. The lowest BCUT2D eigenvalue weighted by molar-refractivity contribution is 0.613. The average Bonchev–Trinajstić information content (AvgIpc) is 2.15. The Morgan fingerprint density at radius 2 is 2.19 bits per heavy atom. The molecule has 0 fully saturated rings. The summed E-state index contributed by atoms with van der Waals surface area (Å²) in [5.74, 6) is -0.190. The van der Waals surface area contributed by atoms with Crippen LogP contribution in [0.1, 0.15) is 24.8 Å². The van der Waals surface area contributed by atoms with Crippen LogP contribution in [0.15, 0.2) is 34.3 Å². The highest BCUT2D eigenvalue weighted by Crippen LogP contribution is 2.23. The second-order valence-electron chi connectivity index (χ2n) is 4.34. The number of halogens is 2. The Balaban J connectivity index is 2.14. The van der Waals surface area contributed by atoms with Crippen molar-refractivity contribution >= 4 is 15.9 Å². The van der Waals surface area contributed by atoms with Crippen molar-refractivity contribution in [2.75, 3.05) is 0 Å². The van der Waals surface area contributed by atoms with Crippen molar-refractivity contribution in [1.82, 2.24) is 0 Å². The first-order valence-electron chi connectivity index (χ1n) is 5.53. The molecule has 1 atom stereocenters. The zero-order valence-electron chi connectivity index (χ0n) is 9.05. The SMILES string of the molecule is NC1C=C(Cc2cc(F)cc(Br)c2)CCC1. The van der Waals surface area contributed by atoms with E-state index in [9.17, 15) is 4.39 Å². The number of benzene rings is 1. The van der Waals surface area contributed by atoms with Gasteiger partial charge in [0.05, 0.1) is 0 Å². The summed E-state index contributed by atoms with van der Waals surface area (Å²) in [5, 5.41) is 0. The molecule has 1 unspecified atom stereocenters. The topological polar surface area (TPSA) is 26.0 Å². The van der Waals surface area contributed by atoms with Gasteiger partial charge in [-0.25, -0.2) is 4.39 Å². The third kappa shape index (κ3) is 3.16. The molecule has 0 radical (unpaired) electrons. The first kappa shape index (κ1) is 11.8. The van der Waals surface area contributed by atoms with Gasteiger partial charge in [-0.05, 0) is 49.4 Å². The van der Waals surface area contributed by atoms with Gasteiger partial charge < -0.3 is 5.73 Å². The van der Waals surface area contributed by atoms with Crippen LogP contribution in [-0.2, 0) is 6.42 Å². The van der Waals surface area contributed by atoms with Gasteiger partial charge in [0, 0.05) is 10.5 Å². The summed E-state index contributed by atoms with van der Waals surface area (Å²) >= 11 is 3.31. The maximum atomic E-state index is 13.2. The molecule has 1 aliphatic carbocycles. The molecule has 1 aromatic carbocycles. The third-order valence-corrected chi connectivity index (χ3v) is 3.30. The highest BCUT2D eigenvalue weighted by Gasteiger charge is 2.10. The predicted molar refractivity (Wildman–Crippen MR) is 67.7 cm³/mol.